The highest BCUT2D eigenvalue weighted by Gasteiger charge is 2.22. The van der Waals surface area contributed by atoms with Crippen molar-refractivity contribution in [1.29, 1.82) is 0 Å². The average molecular weight is 320 g/mol. The third kappa shape index (κ3) is 4.80. The van der Waals surface area contributed by atoms with Crippen LogP contribution in [0.25, 0.3) is 6.08 Å². The smallest absolute Gasteiger partial charge is 0.0472 e. The van der Waals surface area contributed by atoms with E-state index in [9.17, 15) is 0 Å². The third-order valence-corrected chi connectivity index (χ3v) is 4.75. The Labute approximate surface area is 146 Å². The second kappa shape index (κ2) is 8.81. The standard InChI is InChI=1S/C22H28N2/c1-19-11-13-21(14-12-19)22(24-16-5-6-17-24)18-23-15-7-10-20-8-3-2-4-9-20/h2-4,7-14,22-23H,5-6,15-18H2,1H3/b10-7+. The Morgan fingerprint density at radius 3 is 2.42 bits per heavy atom. The van der Waals surface area contributed by atoms with Crippen molar-refractivity contribution in [3.63, 3.8) is 0 Å². The van der Waals surface area contributed by atoms with Crippen molar-refractivity contribution >= 4 is 6.08 Å². The maximum Gasteiger partial charge on any atom is 0.0472 e. The summed E-state index contributed by atoms with van der Waals surface area (Å²) in [5.74, 6) is 0. The molecule has 0 aromatic heterocycles. The first-order chi connectivity index (χ1) is 11.8. The van der Waals surface area contributed by atoms with E-state index < -0.39 is 0 Å². The largest absolute Gasteiger partial charge is 0.311 e. The van der Waals surface area contributed by atoms with Crippen molar-refractivity contribution in [3.8, 4) is 0 Å². The Morgan fingerprint density at radius 1 is 1.00 bits per heavy atom. The molecule has 1 fully saturated rings. The summed E-state index contributed by atoms with van der Waals surface area (Å²) in [5, 5.41) is 3.62. The maximum absolute atomic E-state index is 3.62. The molecule has 0 amide bonds. The summed E-state index contributed by atoms with van der Waals surface area (Å²) in [6.07, 6.45) is 7.06. The lowest BCUT2D eigenvalue weighted by Gasteiger charge is -2.28. The van der Waals surface area contributed by atoms with Crippen LogP contribution in [0.1, 0.15) is 35.6 Å². The van der Waals surface area contributed by atoms with E-state index in [1.54, 1.807) is 0 Å². The fraction of sp³-hybridized carbons (Fsp3) is 0.364. The molecule has 1 heterocycles. The molecule has 0 saturated carbocycles. The Bertz CT molecular complexity index is 625. The first-order valence-corrected chi connectivity index (χ1v) is 9.06. The minimum Gasteiger partial charge on any atom is -0.311 e. The van der Waals surface area contributed by atoms with Crippen LogP contribution in [0.4, 0.5) is 0 Å². The van der Waals surface area contributed by atoms with Crippen LogP contribution >= 0.6 is 0 Å². The predicted octanol–water partition coefficient (Wildman–Crippen LogP) is 4.43. The molecule has 2 aromatic carbocycles. The minimum absolute atomic E-state index is 0.484. The molecule has 24 heavy (non-hydrogen) atoms. The first-order valence-electron chi connectivity index (χ1n) is 9.06. The van der Waals surface area contributed by atoms with Gasteiger partial charge in [-0.3, -0.25) is 4.90 Å². The molecular weight excluding hydrogens is 292 g/mol. The molecule has 1 saturated heterocycles. The van der Waals surface area contributed by atoms with Gasteiger partial charge in [0.25, 0.3) is 0 Å². The van der Waals surface area contributed by atoms with E-state index in [1.807, 2.05) is 0 Å². The fourth-order valence-corrected chi connectivity index (χ4v) is 3.36. The van der Waals surface area contributed by atoms with Gasteiger partial charge < -0.3 is 5.32 Å². The van der Waals surface area contributed by atoms with E-state index in [4.69, 9.17) is 0 Å². The lowest BCUT2D eigenvalue weighted by Crippen LogP contribution is -2.34. The molecular formula is C22H28N2. The van der Waals surface area contributed by atoms with Crippen molar-refractivity contribution in [2.75, 3.05) is 26.2 Å². The van der Waals surface area contributed by atoms with Crippen LogP contribution in [0.3, 0.4) is 0 Å². The first kappa shape index (κ1) is 16.9. The van der Waals surface area contributed by atoms with E-state index in [-0.39, 0.29) is 0 Å². The summed E-state index contributed by atoms with van der Waals surface area (Å²) >= 11 is 0. The summed E-state index contributed by atoms with van der Waals surface area (Å²) in [7, 11) is 0. The predicted molar refractivity (Wildman–Crippen MR) is 103 cm³/mol. The molecule has 1 atom stereocenters. The number of rotatable bonds is 7. The van der Waals surface area contributed by atoms with Gasteiger partial charge in [-0.1, -0.05) is 72.3 Å². The molecule has 126 valence electrons. The second-order valence-electron chi connectivity index (χ2n) is 6.64. The van der Waals surface area contributed by atoms with Crippen molar-refractivity contribution in [2.24, 2.45) is 0 Å². The summed E-state index contributed by atoms with van der Waals surface area (Å²) in [4.78, 5) is 2.62. The fourth-order valence-electron chi connectivity index (χ4n) is 3.36. The molecule has 1 unspecified atom stereocenters. The van der Waals surface area contributed by atoms with Gasteiger partial charge in [0, 0.05) is 19.1 Å². The number of aryl methyl sites for hydroxylation is 1. The Morgan fingerprint density at radius 2 is 1.71 bits per heavy atom. The number of likely N-dealkylation sites (tertiary alicyclic amines) is 1. The van der Waals surface area contributed by atoms with Crippen LogP contribution in [0.2, 0.25) is 0 Å². The summed E-state index contributed by atoms with van der Waals surface area (Å²) < 4.78 is 0. The summed E-state index contributed by atoms with van der Waals surface area (Å²) in [6.45, 7) is 6.51. The number of nitrogens with zero attached hydrogens (tertiary/aromatic N) is 1. The highest BCUT2D eigenvalue weighted by molar-refractivity contribution is 5.48. The monoisotopic (exact) mass is 320 g/mol. The average Bonchev–Trinajstić information content (AvgIpc) is 3.14. The van der Waals surface area contributed by atoms with Crippen LogP contribution in [0.5, 0.6) is 0 Å². The molecule has 3 rings (SSSR count). The number of hydrogen-bond acceptors (Lipinski definition) is 2. The highest BCUT2D eigenvalue weighted by Crippen LogP contribution is 2.24. The van der Waals surface area contributed by atoms with Crippen LogP contribution in [0, 0.1) is 6.92 Å². The minimum atomic E-state index is 0.484. The van der Waals surface area contributed by atoms with Crippen molar-refractivity contribution in [3.05, 3.63) is 77.4 Å². The van der Waals surface area contributed by atoms with Crippen molar-refractivity contribution < 1.29 is 0 Å². The molecule has 2 nitrogen and oxygen atoms in total. The summed E-state index contributed by atoms with van der Waals surface area (Å²) in [5.41, 5.74) is 4.02. The molecule has 2 heteroatoms. The van der Waals surface area contributed by atoms with Gasteiger partial charge >= 0.3 is 0 Å². The van der Waals surface area contributed by atoms with Crippen LogP contribution in [-0.4, -0.2) is 31.1 Å². The van der Waals surface area contributed by atoms with Gasteiger partial charge in [-0.15, -0.1) is 0 Å². The zero-order valence-corrected chi connectivity index (χ0v) is 14.6. The lowest BCUT2D eigenvalue weighted by atomic mass is 10.0. The van der Waals surface area contributed by atoms with Gasteiger partial charge in [-0.2, -0.15) is 0 Å². The van der Waals surface area contributed by atoms with E-state index in [0.717, 1.165) is 13.1 Å². The van der Waals surface area contributed by atoms with Crippen LogP contribution in [-0.2, 0) is 0 Å². The maximum atomic E-state index is 3.62. The van der Waals surface area contributed by atoms with Crippen molar-refractivity contribution in [2.45, 2.75) is 25.8 Å². The summed E-state index contributed by atoms with van der Waals surface area (Å²) in [6, 6.07) is 20.0. The molecule has 1 N–H and O–H groups in total. The SMILES string of the molecule is Cc1ccc(C(CNC/C=C/c2ccccc2)N2CCCC2)cc1. The Balaban J connectivity index is 1.56. The molecule has 0 radical (unpaired) electrons. The van der Waals surface area contributed by atoms with Crippen LogP contribution in [0.15, 0.2) is 60.7 Å². The number of benzene rings is 2. The number of nitrogens with one attached hydrogen (secondary N) is 1. The van der Waals surface area contributed by atoms with Gasteiger partial charge in [-0.25, -0.2) is 0 Å². The van der Waals surface area contributed by atoms with E-state index in [1.165, 1.54) is 42.6 Å². The van der Waals surface area contributed by atoms with Gasteiger partial charge in [-0.05, 0) is 44.0 Å². The molecule has 1 aliphatic heterocycles. The quantitative estimate of drug-likeness (QED) is 0.759. The van der Waals surface area contributed by atoms with Gasteiger partial charge in [0.2, 0.25) is 0 Å². The van der Waals surface area contributed by atoms with Crippen LogP contribution < -0.4 is 5.32 Å². The van der Waals surface area contributed by atoms with Crippen molar-refractivity contribution in [1.82, 2.24) is 10.2 Å². The zero-order chi connectivity index (χ0) is 16.6. The zero-order valence-electron chi connectivity index (χ0n) is 14.6. The van der Waals surface area contributed by atoms with Gasteiger partial charge in [0.1, 0.15) is 0 Å². The highest BCUT2D eigenvalue weighted by atomic mass is 15.2. The Kier molecular flexibility index (Phi) is 6.22. The molecule has 2 aromatic rings. The Hall–Kier alpha value is -1.90. The second-order valence-corrected chi connectivity index (χ2v) is 6.64. The lowest BCUT2D eigenvalue weighted by molar-refractivity contribution is 0.240. The topological polar surface area (TPSA) is 15.3 Å². The normalized spacial score (nSPS) is 16.7. The van der Waals surface area contributed by atoms with E-state index >= 15 is 0 Å². The van der Waals surface area contributed by atoms with E-state index in [0.29, 0.717) is 6.04 Å². The molecule has 0 bridgehead atoms. The number of hydrogen-bond donors (Lipinski definition) is 1. The van der Waals surface area contributed by atoms with Gasteiger partial charge in [0.15, 0.2) is 0 Å². The third-order valence-electron chi connectivity index (χ3n) is 4.75. The van der Waals surface area contributed by atoms with Gasteiger partial charge in [0.05, 0.1) is 0 Å². The molecule has 0 aliphatic carbocycles. The molecule has 1 aliphatic rings. The van der Waals surface area contributed by atoms with E-state index in [2.05, 4.69) is 83.9 Å². The molecule has 0 spiro atoms.